The van der Waals surface area contributed by atoms with Crippen LogP contribution in [0, 0.1) is 11.3 Å². The zero-order valence-corrected chi connectivity index (χ0v) is 15.1. The monoisotopic (exact) mass is 338 g/mol. The number of rotatable bonds is 8. The van der Waals surface area contributed by atoms with E-state index in [1.807, 2.05) is 56.3 Å². The molecule has 1 unspecified atom stereocenters. The van der Waals surface area contributed by atoms with Gasteiger partial charge in [0.2, 0.25) is 0 Å². The molecule has 0 radical (unpaired) electrons. The van der Waals surface area contributed by atoms with E-state index in [9.17, 15) is 5.11 Å². The molecule has 0 saturated heterocycles. The molecule has 1 N–H and O–H groups in total. The molecular formula is C21H26N2O2. The van der Waals surface area contributed by atoms with Crippen molar-refractivity contribution in [3.05, 3.63) is 65.7 Å². The Kier molecular flexibility index (Phi) is 6.58. The molecule has 0 aromatic heterocycles. The molecule has 0 bridgehead atoms. The number of aliphatic hydroxyl groups is 1. The predicted molar refractivity (Wildman–Crippen MR) is 99.0 cm³/mol. The van der Waals surface area contributed by atoms with Crippen LogP contribution in [0.25, 0.3) is 0 Å². The smallest absolute Gasteiger partial charge is 0.181 e. The van der Waals surface area contributed by atoms with Gasteiger partial charge in [0.25, 0.3) is 0 Å². The first-order chi connectivity index (χ1) is 11.9. The van der Waals surface area contributed by atoms with Gasteiger partial charge in [-0.05, 0) is 44.0 Å². The summed E-state index contributed by atoms with van der Waals surface area (Å²) in [7, 11) is 0. The zero-order valence-electron chi connectivity index (χ0n) is 15.1. The van der Waals surface area contributed by atoms with Gasteiger partial charge in [-0.3, -0.25) is 4.90 Å². The maximum atomic E-state index is 10.2. The SMILES string of the molecule is CC(C#N)Oc1ccc(CN(Cc2ccccc2)CC(C)(C)O)cc1. The molecule has 0 aliphatic heterocycles. The maximum absolute atomic E-state index is 10.2. The topological polar surface area (TPSA) is 56.5 Å². The fraction of sp³-hybridized carbons (Fsp3) is 0.381. The Hall–Kier alpha value is -2.35. The second kappa shape index (κ2) is 8.66. The molecule has 0 fully saturated rings. The van der Waals surface area contributed by atoms with Crippen molar-refractivity contribution in [1.82, 2.24) is 4.90 Å². The van der Waals surface area contributed by atoms with E-state index in [0.29, 0.717) is 12.3 Å². The Morgan fingerprint density at radius 2 is 1.60 bits per heavy atom. The van der Waals surface area contributed by atoms with Crippen LogP contribution in [0.1, 0.15) is 31.9 Å². The van der Waals surface area contributed by atoms with E-state index in [1.165, 1.54) is 5.56 Å². The molecule has 2 aromatic rings. The first-order valence-corrected chi connectivity index (χ1v) is 8.49. The molecule has 0 amide bonds. The summed E-state index contributed by atoms with van der Waals surface area (Å²) in [6.45, 7) is 7.45. The summed E-state index contributed by atoms with van der Waals surface area (Å²) >= 11 is 0. The molecule has 2 rings (SSSR count). The van der Waals surface area contributed by atoms with Crippen molar-refractivity contribution in [3.8, 4) is 11.8 Å². The van der Waals surface area contributed by atoms with Crippen molar-refractivity contribution in [2.45, 2.75) is 45.6 Å². The first kappa shape index (κ1) is 19.0. The van der Waals surface area contributed by atoms with E-state index in [1.54, 1.807) is 6.92 Å². The Balaban J connectivity index is 2.06. The molecule has 0 aliphatic carbocycles. The number of hydrogen-bond acceptors (Lipinski definition) is 4. The fourth-order valence-corrected chi connectivity index (χ4v) is 2.72. The lowest BCUT2D eigenvalue weighted by molar-refractivity contribution is 0.0306. The third-order valence-corrected chi connectivity index (χ3v) is 3.68. The molecule has 4 nitrogen and oxygen atoms in total. The van der Waals surface area contributed by atoms with Gasteiger partial charge in [-0.25, -0.2) is 0 Å². The number of nitriles is 1. The summed E-state index contributed by atoms with van der Waals surface area (Å²) in [6, 6.07) is 20.1. The van der Waals surface area contributed by atoms with E-state index in [0.717, 1.165) is 18.7 Å². The second-order valence-electron chi connectivity index (χ2n) is 6.98. The summed E-state index contributed by atoms with van der Waals surface area (Å²) in [6.07, 6.45) is -0.462. The molecule has 0 spiro atoms. The third kappa shape index (κ3) is 6.96. The third-order valence-electron chi connectivity index (χ3n) is 3.68. The number of hydrogen-bond donors (Lipinski definition) is 1. The van der Waals surface area contributed by atoms with Crippen molar-refractivity contribution >= 4 is 0 Å². The number of ether oxygens (including phenoxy) is 1. The average Bonchev–Trinajstić information content (AvgIpc) is 2.56. The van der Waals surface area contributed by atoms with Crippen molar-refractivity contribution in [2.75, 3.05) is 6.54 Å². The normalized spacial score (nSPS) is 12.6. The average molecular weight is 338 g/mol. The van der Waals surface area contributed by atoms with Crippen molar-refractivity contribution < 1.29 is 9.84 Å². The van der Waals surface area contributed by atoms with Crippen LogP contribution in [0.5, 0.6) is 5.75 Å². The van der Waals surface area contributed by atoms with Gasteiger partial charge in [0.15, 0.2) is 6.10 Å². The van der Waals surface area contributed by atoms with Crippen LogP contribution in [-0.2, 0) is 13.1 Å². The first-order valence-electron chi connectivity index (χ1n) is 8.49. The summed E-state index contributed by atoms with van der Waals surface area (Å²) < 4.78 is 5.48. The van der Waals surface area contributed by atoms with E-state index in [-0.39, 0.29) is 0 Å². The largest absolute Gasteiger partial charge is 0.476 e. The minimum Gasteiger partial charge on any atom is -0.476 e. The Labute approximate surface area is 150 Å². The molecule has 0 aliphatic rings. The highest BCUT2D eigenvalue weighted by Gasteiger charge is 2.19. The van der Waals surface area contributed by atoms with Gasteiger partial charge in [-0.1, -0.05) is 42.5 Å². The van der Waals surface area contributed by atoms with Crippen LogP contribution < -0.4 is 4.74 Å². The van der Waals surface area contributed by atoms with Crippen molar-refractivity contribution in [3.63, 3.8) is 0 Å². The second-order valence-corrected chi connectivity index (χ2v) is 6.98. The Bertz CT molecular complexity index is 685. The quantitative estimate of drug-likeness (QED) is 0.796. The lowest BCUT2D eigenvalue weighted by atomic mass is 10.1. The van der Waals surface area contributed by atoms with E-state index in [2.05, 4.69) is 23.1 Å². The molecule has 1 atom stereocenters. The van der Waals surface area contributed by atoms with Crippen LogP contribution in [0.4, 0.5) is 0 Å². The molecule has 0 heterocycles. The molecule has 25 heavy (non-hydrogen) atoms. The number of benzene rings is 2. The minimum absolute atomic E-state index is 0.462. The summed E-state index contributed by atoms with van der Waals surface area (Å²) in [5.74, 6) is 0.690. The van der Waals surface area contributed by atoms with Gasteiger partial charge in [-0.2, -0.15) is 5.26 Å². The van der Waals surface area contributed by atoms with E-state index in [4.69, 9.17) is 10.00 Å². The molecule has 2 aromatic carbocycles. The van der Waals surface area contributed by atoms with Crippen LogP contribution in [0.15, 0.2) is 54.6 Å². The van der Waals surface area contributed by atoms with E-state index < -0.39 is 11.7 Å². The fourth-order valence-electron chi connectivity index (χ4n) is 2.72. The van der Waals surface area contributed by atoms with Gasteiger partial charge >= 0.3 is 0 Å². The van der Waals surface area contributed by atoms with Gasteiger partial charge in [0, 0.05) is 19.6 Å². The molecule has 132 valence electrons. The van der Waals surface area contributed by atoms with E-state index >= 15 is 0 Å². The lowest BCUT2D eigenvalue weighted by Gasteiger charge is -2.29. The minimum atomic E-state index is -0.764. The Morgan fingerprint density at radius 1 is 1.04 bits per heavy atom. The summed E-state index contributed by atoms with van der Waals surface area (Å²) in [4.78, 5) is 2.23. The highest BCUT2D eigenvalue weighted by molar-refractivity contribution is 5.28. The lowest BCUT2D eigenvalue weighted by Crippen LogP contribution is -2.37. The predicted octanol–water partition coefficient (Wildman–Crippen LogP) is 3.75. The van der Waals surface area contributed by atoms with Gasteiger partial charge < -0.3 is 9.84 Å². The summed E-state index contributed by atoms with van der Waals surface area (Å²) in [5, 5.41) is 19.0. The Morgan fingerprint density at radius 3 is 2.12 bits per heavy atom. The van der Waals surface area contributed by atoms with Gasteiger partial charge in [-0.15, -0.1) is 0 Å². The molecular weight excluding hydrogens is 312 g/mol. The van der Waals surface area contributed by atoms with Gasteiger partial charge in [0.05, 0.1) is 5.60 Å². The highest BCUT2D eigenvalue weighted by atomic mass is 16.5. The molecule has 0 saturated carbocycles. The van der Waals surface area contributed by atoms with Crippen LogP contribution >= 0.6 is 0 Å². The van der Waals surface area contributed by atoms with Crippen molar-refractivity contribution in [2.24, 2.45) is 0 Å². The summed E-state index contributed by atoms with van der Waals surface area (Å²) in [5.41, 5.74) is 1.59. The maximum Gasteiger partial charge on any atom is 0.181 e. The van der Waals surface area contributed by atoms with Crippen LogP contribution in [0.3, 0.4) is 0 Å². The zero-order chi connectivity index (χ0) is 18.3. The van der Waals surface area contributed by atoms with Crippen molar-refractivity contribution in [1.29, 1.82) is 5.26 Å². The van der Waals surface area contributed by atoms with Gasteiger partial charge in [0.1, 0.15) is 11.8 Å². The van der Waals surface area contributed by atoms with Crippen LogP contribution in [-0.4, -0.2) is 28.3 Å². The molecule has 4 heteroatoms. The van der Waals surface area contributed by atoms with Crippen LogP contribution in [0.2, 0.25) is 0 Å². The standard InChI is InChI=1S/C21H26N2O2/c1-17(13-22)25-20-11-9-19(10-12-20)15-23(16-21(2,3)24)14-18-7-5-4-6-8-18/h4-12,17,24H,14-16H2,1-3H3. The number of nitrogens with zero attached hydrogens (tertiary/aromatic N) is 2. The highest BCUT2D eigenvalue weighted by Crippen LogP contribution is 2.18.